The van der Waals surface area contributed by atoms with Gasteiger partial charge in [0.2, 0.25) is 0 Å². The van der Waals surface area contributed by atoms with Gasteiger partial charge in [-0.15, -0.1) is 0 Å². The fourth-order valence-corrected chi connectivity index (χ4v) is 4.25. The van der Waals surface area contributed by atoms with Crippen LogP contribution in [-0.4, -0.2) is 69.1 Å². The zero-order valence-electron chi connectivity index (χ0n) is 17.0. The molecule has 0 unspecified atom stereocenters. The Labute approximate surface area is 169 Å². The standard InChI is InChI=1S/C20H26N8O/c1-14-24-19-16(12-23-26(19)2)20(25-14)28-7-5-27(6-8-28)18-11-17(21-13-22-18)15-3-9-29-10-4-15/h11-13,15H,3-10H2,1-2H3. The molecule has 3 aromatic rings. The Morgan fingerprint density at radius 3 is 2.55 bits per heavy atom. The fraction of sp³-hybridized carbons (Fsp3) is 0.550. The Kier molecular flexibility index (Phi) is 4.75. The zero-order valence-corrected chi connectivity index (χ0v) is 17.0. The third-order valence-corrected chi connectivity index (χ3v) is 5.90. The molecule has 0 atom stereocenters. The van der Waals surface area contributed by atoms with Crippen LogP contribution in [0.3, 0.4) is 0 Å². The second kappa shape index (κ2) is 7.55. The molecule has 0 aliphatic carbocycles. The molecular weight excluding hydrogens is 368 g/mol. The molecule has 3 aromatic heterocycles. The van der Waals surface area contributed by atoms with Crippen molar-refractivity contribution >= 4 is 22.7 Å². The molecule has 9 heteroatoms. The van der Waals surface area contributed by atoms with Crippen molar-refractivity contribution in [1.82, 2.24) is 29.7 Å². The summed E-state index contributed by atoms with van der Waals surface area (Å²) in [6, 6.07) is 2.17. The SMILES string of the molecule is Cc1nc(N2CCN(c3cc(C4CCOCC4)ncn3)CC2)c2cnn(C)c2n1. The highest BCUT2D eigenvalue weighted by Crippen LogP contribution is 2.28. The molecule has 2 aliphatic heterocycles. The summed E-state index contributed by atoms with van der Waals surface area (Å²) in [5.41, 5.74) is 2.02. The molecule has 0 bridgehead atoms. The summed E-state index contributed by atoms with van der Waals surface area (Å²) in [6.07, 6.45) is 5.65. The summed E-state index contributed by atoms with van der Waals surface area (Å²) in [4.78, 5) is 23.0. The Morgan fingerprint density at radius 1 is 1.00 bits per heavy atom. The quantitative estimate of drug-likeness (QED) is 0.663. The monoisotopic (exact) mass is 394 g/mol. The van der Waals surface area contributed by atoms with Gasteiger partial charge in [0.1, 0.15) is 23.8 Å². The van der Waals surface area contributed by atoms with Crippen LogP contribution in [0, 0.1) is 6.92 Å². The maximum Gasteiger partial charge on any atom is 0.163 e. The smallest absolute Gasteiger partial charge is 0.163 e. The number of nitrogens with zero attached hydrogens (tertiary/aromatic N) is 8. The summed E-state index contributed by atoms with van der Waals surface area (Å²) < 4.78 is 7.29. The van der Waals surface area contributed by atoms with Gasteiger partial charge < -0.3 is 14.5 Å². The predicted molar refractivity (Wildman–Crippen MR) is 110 cm³/mol. The van der Waals surface area contributed by atoms with E-state index in [9.17, 15) is 0 Å². The van der Waals surface area contributed by atoms with E-state index in [1.165, 1.54) is 0 Å². The van der Waals surface area contributed by atoms with Crippen molar-refractivity contribution in [3.05, 3.63) is 30.1 Å². The van der Waals surface area contributed by atoms with Crippen molar-refractivity contribution in [2.75, 3.05) is 49.2 Å². The fourth-order valence-electron chi connectivity index (χ4n) is 4.25. The van der Waals surface area contributed by atoms with E-state index in [0.717, 1.165) is 86.4 Å². The van der Waals surface area contributed by atoms with Gasteiger partial charge in [-0.2, -0.15) is 5.10 Å². The topological polar surface area (TPSA) is 85.1 Å². The van der Waals surface area contributed by atoms with E-state index in [0.29, 0.717) is 5.92 Å². The normalized spacial score (nSPS) is 18.6. The lowest BCUT2D eigenvalue weighted by Crippen LogP contribution is -2.47. The minimum Gasteiger partial charge on any atom is -0.381 e. The number of anilines is 2. The maximum atomic E-state index is 5.49. The van der Waals surface area contributed by atoms with E-state index in [1.54, 1.807) is 6.33 Å². The maximum absolute atomic E-state index is 5.49. The van der Waals surface area contributed by atoms with Gasteiger partial charge in [0.25, 0.3) is 0 Å². The Balaban J connectivity index is 1.32. The molecule has 2 saturated heterocycles. The van der Waals surface area contributed by atoms with Crippen molar-refractivity contribution in [1.29, 1.82) is 0 Å². The Hall–Kier alpha value is -2.81. The van der Waals surface area contributed by atoms with Crippen LogP contribution in [0.25, 0.3) is 11.0 Å². The first-order valence-corrected chi connectivity index (χ1v) is 10.2. The average Bonchev–Trinajstić information content (AvgIpc) is 3.14. The van der Waals surface area contributed by atoms with Crippen LogP contribution >= 0.6 is 0 Å². The number of piperazine rings is 1. The summed E-state index contributed by atoms with van der Waals surface area (Å²) in [6.45, 7) is 7.15. The number of aryl methyl sites for hydroxylation is 2. The summed E-state index contributed by atoms with van der Waals surface area (Å²) in [5, 5.41) is 5.37. The number of hydrogen-bond donors (Lipinski definition) is 0. The van der Waals surface area contributed by atoms with Gasteiger partial charge in [0.05, 0.1) is 11.6 Å². The molecule has 0 radical (unpaired) electrons. The van der Waals surface area contributed by atoms with Crippen LogP contribution in [0.5, 0.6) is 0 Å². The first-order valence-electron chi connectivity index (χ1n) is 10.2. The zero-order chi connectivity index (χ0) is 19.8. The lowest BCUT2D eigenvalue weighted by Gasteiger charge is -2.36. The molecule has 9 nitrogen and oxygen atoms in total. The van der Waals surface area contributed by atoms with E-state index in [2.05, 4.69) is 35.9 Å². The lowest BCUT2D eigenvalue weighted by molar-refractivity contribution is 0.0845. The minimum absolute atomic E-state index is 0.481. The Bertz CT molecular complexity index is 1000. The molecule has 152 valence electrons. The van der Waals surface area contributed by atoms with Gasteiger partial charge in [-0.05, 0) is 19.8 Å². The van der Waals surface area contributed by atoms with Crippen LogP contribution in [0.4, 0.5) is 11.6 Å². The number of hydrogen-bond acceptors (Lipinski definition) is 8. The van der Waals surface area contributed by atoms with Gasteiger partial charge in [-0.3, -0.25) is 4.68 Å². The van der Waals surface area contributed by atoms with Gasteiger partial charge in [0, 0.05) is 64.1 Å². The molecule has 0 amide bonds. The van der Waals surface area contributed by atoms with Crippen LogP contribution in [-0.2, 0) is 11.8 Å². The van der Waals surface area contributed by atoms with E-state index >= 15 is 0 Å². The first-order chi connectivity index (χ1) is 14.2. The van der Waals surface area contributed by atoms with Gasteiger partial charge in [-0.25, -0.2) is 19.9 Å². The Morgan fingerprint density at radius 2 is 1.76 bits per heavy atom. The van der Waals surface area contributed by atoms with Crippen molar-refractivity contribution in [2.24, 2.45) is 7.05 Å². The molecule has 0 saturated carbocycles. The van der Waals surface area contributed by atoms with Crippen LogP contribution in [0.15, 0.2) is 18.6 Å². The van der Waals surface area contributed by atoms with Crippen molar-refractivity contribution in [3.8, 4) is 0 Å². The molecule has 0 spiro atoms. The molecule has 5 rings (SSSR count). The van der Waals surface area contributed by atoms with E-state index in [4.69, 9.17) is 9.72 Å². The van der Waals surface area contributed by atoms with E-state index in [-0.39, 0.29) is 0 Å². The number of fused-ring (bicyclic) bond motifs is 1. The highest BCUT2D eigenvalue weighted by Gasteiger charge is 2.24. The second-order valence-electron chi connectivity index (χ2n) is 7.76. The molecule has 0 aromatic carbocycles. The van der Waals surface area contributed by atoms with Crippen molar-refractivity contribution < 1.29 is 4.74 Å². The van der Waals surface area contributed by atoms with Gasteiger partial charge >= 0.3 is 0 Å². The van der Waals surface area contributed by atoms with E-state index in [1.807, 2.05) is 24.9 Å². The number of aromatic nitrogens is 6. The predicted octanol–water partition coefficient (Wildman–Crippen LogP) is 1.68. The molecule has 2 fully saturated rings. The molecule has 0 N–H and O–H groups in total. The number of ether oxygens (including phenoxy) is 1. The summed E-state index contributed by atoms with van der Waals surface area (Å²) in [7, 11) is 1.92. The largest absolute Gasteiger partial charge is 0.381 e. The van der Waals surface area contributed by atoms with Crippen LogP contribution in [0.1, 0.15) is 30.3 Å². The summed E-state index contributed by atoms with van der Waals surface area (Å²) in [5.74, 6) is 3.25. The molecule has 29 heavy (non-hydrogen) atoms. The summed E-state index contributed by atoms with van der Waals surface area (Å²) >= 11 is 0. The van der Waals surface area contributed by atoms with Gasteiger partial charge in [0.15, 0.2) is 5.65 Å². The molecule has 5 heterocycles. The van der Waals surface area contributed by atoms with Gasteiger partial charge in [-0.1, -0.05) is 0 Å². The average molecular weight is 394 g/mol. The molecular formula is C20H26N8O. The highest BCUT2D eigenvalue weighted by molar-refractivity contribution is 5.87. The molecule has 2 aliphatic rings. The van der Waals surface area contributed by atoms with Crippen molar-refractivity contribution in [2.45, 2.75) is 25.7 Å². The van der Waals surface area contributed by atoms with Crippen molar-refractivity contribution in [3.63, 3.8) is 0 Å². The van der Waals surface area contributed by atoms with Crippen LogP contribution < -0.4 is 9.80 Å². The highest BCUT2D eigenvalue weighted by atomic mass is 16.5. The first kappa shape index (κ1) is 18.2. The third-order valence-electron chi connectivity index (χ3n) is 5.90. The van der Waals surface area contributed by atoms with E-state index < -0.39 is 0 Å². The lowest BCUT2D eigenvalue weighted by atomic mass is 9.96. The second-order valence-corrected chi connectivity index (χ2v) is 7.76. The van der Waals surface area contributed by atoms with Crippen LogP contribution in [0.2, 0.25) is 0 Å². The third kappa shape index (κ3) is 3.50. The number of rotatable bonds is 3. The minimum atomic E-state index is 0.481.